The topological polar surface area (TPSA) is 144 Å². The standard InChI is InChI=1S/C25H26N6O4/c1-16-6-9-18(10-7-16)29-22(32)15-34-21-11-8-17-4-2-3-5-19(17)20(21)14-27-12-13-28-25(33)23-24(26)31-35-30-23/h2-11,27H,12-15H2,1H3,(H2,26,31)(H,28,33)(H,29,32). The van der Waals surface area contributed by atoms with Gasteiger partial charge in [-0.2, -0.15) is 0 Å². The van der Waals surface area contributed by atoms with E-state index in [0.717, 1.165) is 27.6 Å². The quantitative estimate of drug-likeness (QED) is 0.257. The molecule has 180 valence electrons. The molecule has 0 aliphatic heterocycles. The Morgan fingerprint density at radius 3 is 2.57 bits per heavy atom. The van der Waals surface area contributed by atoms with Gasteiger partial charge in [-0.05, 0) is 46.2 Å². The van der Waals surface area contributed by atoms with Gasteiger partial charge in [0.15, 0.2) is 6.61 Å². The Morgan fingerprint density at radius 1 is 1.00 bits per heavy atom. The number of aromatic nitrogens is 2. The fourth-order valence-corrected chi connectivity index (χ4v) is 3.53. The van der Waals surface area contributed by atoms with Crippen LogP contribution in [0.25, 0.3) is 10.8 Å². The first-order valence-corrected chi connectivity index (χ1v) is 11.1. The van der Waals surface area contributed by atoms with Gasteiger partial charge in [0, 0.05) is 30.9 Å². The fraction of sp³-hybridized carbons (Fsp3) is 0.200. The fourth-order valence-electron chi connectivity index (χ4n) is 3.53. The first-order valence-electron chi connectivity index (χ1n) is 11.1. The van der Waals surface area contributed by atoms with E-state index in [9.17, 15) is 9.59 Å². The van der Waals surface area contributed by atoms with Crippen molar-refractivity contribution in [3.05, 3.63) is 77.5 Å². The molecule has 1 aromatic heterocycles. The Labute approximate surface area is 201 Å². The Balaban J connectivity index is 1.36. The molecule has 0 aliphatic rings. The van der Waals surface area contributed by atoms with Crippen LogP contribution in [0.5, 0.6) is 5.75 Å². The number of aryl methyl sites for hydroxylation is 1. The van der Waals surface area contributed by atoms with Gasteiger partial charge in [0.1, 0.15) is 5.75 Å². The number of nitrogens with zero attached hydrogens (tertiary/aromatic N) is 2. The maximum atomic E-state index is 12.4. The van der Waals surface area contributed by atoms with Gasteiger partial charge in [0.25, 0.3) is 11.8 Å². The average Bonchev–Trinajstić information content (AvgIpc) is 3.30. The van der Waals surface area contributed by atoms with Crippen LogP contribution in [0.3, 0.4) is 0 Å². The molecule has 10 nitrogen and oxygen atoms in total. The summed E-state index contributed by atoms with van der Waals surface area (Å²) >= 11 is 0. The van der Waals surface area contributed by atoms with Crippen LogP contribution in [-0.4, -0.2) is 41.8 Å². The number of amides is 2. The van der Waals surface area contributed by atoms with E-state index in [-0.39, 0.29) is 24.0 Å². The summed E-state index contributed by atoms with van der Waals surface area (Å²) in [5, 5.41) is 17.8. The number of rotatable bonds is 10. The molecule has 0 unspecified atom stereocenters. The van der Waals surface area contributed by atoms with Gasteiger partial charge in [-0.25, -0.2) is 4.63 Å². The highest BCUT2D eigenvalue weighted by Gasteiger charge is 2.15. The number of anilines is 2. The van der Waals surface area contributed by atoms with Crippen molar-refractivity contribution in [1.82, 2.24) is 20.9 Å². The van der Waals surface area contributed by atoms with Gasteiger partial charge in [-0.1, -0.05) is 48.0 Å². The number of nitrogen functional groups attached to an aromatic ring is 1. The predicted octanol–water partition coefficient (Wildman–Crippen LogP) is 2.65. The summed E-state index contributed by atoms with van der Waals surface area (Å²) in [6.45, 7) is 3.16. The van der Waals surface area contributed by atoms with Crippen molar-refractivity contribution in [2.75, 3.05) is 30.7 Å². The van der Waals surface area contributed by atoms with Crippen molar-refractivity contribution in [3.63, 3.8) is 0 Å². The summed E-state index contributed by atoms with van der Waals surface area (Å²) in [4.78, 5) is 24.5. The van der Waals surface area contributed by atoms with E-state index in [2.05, 4.69) is 30.9 Å². The normalized spacial score (nSPS) is 10.8. The highest BCUT2D eigenvalue weighted by Crippen LogP contribution is 2.28. The third-order valence-corrected chi connectivity index (χ3v) is 5.31. The number of fused-ring (bicyclic) bond motifs is 1. The molecule has 10 heteroatoms. The van der Waals surface area contributed by atoms with Crippen LogP contribution in [0.4, 0.5) is 11.5 Å². The van der Waals surface area contributed by atoms with Gasteiger partial charge in [0.05, 0.1) is 0 Å². The molecular formula is C25H26N6O4. The monoisotopic (exact) mass is 474 g/mol. The minimum absolute atomic E-state index is 0.0429. The Morgan fingerprint density at radius 2 is 1.80 bits per heavy atom. The molecular weight excluding hydrogens is 448 g/mol. The molecule has 4 aromatic rings. The summed E-state index contributed by atoms with van der Waals surface area (Å²) < 4.78 is 10.3. The second-order valence-electron chi connectivity index (χ2n) is 7.90. The third kappa shape index (κ3) is 6.12. The lowest BCUT2D eigenvalue weighted by Crippen LogP contribution is -2.32. The van der Waals surface area contributed by atoms with Gasteiger partial charge in [-0.15, -0.1) is 0 Å². The zero-order chi connectivity index (χ0) is 24.6. The molecule has 5 N–H and O–H groups in total. The second-order valence-corrected chi connectivity index (χ2v) is 7.90. The molecule has 2 amide bonds. The van der Waals surface area contributed by atoms with Crippen LogP contribution in [0, 0.1) is 6.92 Å². The van der Waals surface area contributed by atoms with Crippen molar-refractivity contribution in [1.29, 1.82) is 0 Å². The summed E-state index contributed by atoms with van der Waals surface area (Å²) in [6.07, 6.45) is 0. The number of hydrogen-bond donors (Lipinski definition) is 4. The van der Waals surface area contributed by atoms with Crippen LogP contribution in [-0.2, 0) is 11.3 Å². The lowest BCUT2D eigenvalue weighted by atomic mass is 10.0. The molecule has 0 atom stereocenters. The maximum absolute atomic E-state index is 12.4. The second kappa shape index (κ2) is 11.1. The SMILES string of the molecule is Cc1ccc(NC(=O)COc2ccc3ccccc3c2CNCCNC(=O)c2nonc2N)cc1. The number of carbonyl (C=O) groups excluding carboxylic acids is 2. The summed E-state index contributed by atoms with van der Waals surface area (Å²) in [7, 11) is 0. The summed E-state index contributed by atoms with van der Waals surface area (Å²) in [5.74, 6) is -0.148. The van der Waals surface area contributed by atoms with E-state index >= 15 is 0 Å². The van der Waals surface area contributed by atoms with Crippen LogP contribution in [0.2, 0.25) is 0 Å². The number of ether oxygens (including phenoxy) is 1. The van der Waals surface area contributed by atoms with E-state index in [1.165, 1.54) is 0 Å². The van der Waals surface area contributed by atoms with Crippen LogP contribution < -0.4 is 26.4 Å². The molecule has 0 fully saturated rings. The zero-order valence-electron chi connectivity index (χ0n) is 19.2. The molecule has 4 rings (SSSR count). The molecule has 0 saturated carbocycles. The first kappa shape index (κ1) is 23.7. The van der Waals surface area contributed by atoms with Gasteiger partial charge < -0.3 is 26.4 Å². The molecule has 0 aliphatic carbocycles. The van der Waals surface area contributed by atoms with Crippen molar-refractivity contribution < 1.29 is 19.0 Å². The van der Waals surface area contributed by atoms with Gasteiger partial charge in [-0.3, -0.25) is 9.59 Å². The molecule has 35 heavy (non-hydrogen) atoms. The maximum Gasteiger partial charge on any atom is 0.277 e. The summed E-state index contributed by atoms with van der Waals surface area (Å²) in [5.41, 5.74) is 8.24. The van der Waals surface area contributed by atoms with Gasteiger partial charge >= 0.3 is 0 Å². The highest BCUT2D eigenvalue weighted by atomic mass is 16.6. The Hall–Kier alpha value is -4.44. The number of nitrogens with one attached hydrogen (secondary N) is 3. The van der Waals surface area contributed by atoms with Crippen molar-refractivity contribution in [3.8, 4) is 5.75 Å². The predicted molar refractivity (Wildman–Crippen MR) is 132 cm³/mol. The Bertz CT molecular complexity index is 1320. The number of hydrogen-bond acceptors (Lipinski definition) is 8. The van der Waals surface area contributed by atoms with Crippen LogP contribution in [0.15, 0.2) is 65.3 Å². The largest absolute Gasteiger partial charge is 0.483 e. The molecule has 0 spiro atoms. The van der Waals surface area contributed by atoms with E-state index in [1.807, 2.05) is 67.6 Å². The number of nitrogens with two attached hydrogens (primary N) is 1. The molecule has 0 saturated heterocycles. The van der Waals surface area contributed by atoms with Crippen molar-refractivity contribution in [2.45, 2.75) is 13.5 Å². The smallest absolute Gasteiger partial charge is 0.277 e. The van der Waals surface area contributed by atoms with E-state index in [0.29, 0.717) is 25.4 Å². The van der Waals surface area contributed by atoms with Crippen LogP contribution in [0.1, 0.15) is 21.6 Å². The van der Waals surface area contributed by atoms with Crippen LogP contribution >= 0.6 is 0 Å². The highest BCUT2D eigenvalue weighted by molar-refractivity contribution is 5.96. The van der Waals surface area contributed by atoms with Crippen molar-refractivity contribution >= 4 is 34.1 Å². The minimum atomic E-state index is -0.459. The lowest BCUT2D eigenvalue weighted by Gasteiger charge is -2.15. The molecule has 0 bridgehead atoms. The zero-order valence-corrected chi connectivity index (χ0v) is 19.2. The van der Waals surface area contributed by atoms with Gasteiger partial charge in [0.2, 0.25) is 11.5 Å². The third-order valence-electron chi connectivity index (χ3n) is 5.31. The number of carbonyl (C=O) groups is 2. The van der Waals surface area contributed by atoms with Crippen molar-refractivity contribution in [2.24, 2.45) is 0 Å². The number of benzene rings is 3. The molecule has 0 radical (unpaired) electrons. The summed E-state index contributed by atoms with van der Waals surface area (Å²) in [6, 6.07) is 19.3. The molecule has 3 aromatic carbocycles. The van der Waals surface area contributed by atoms with E-state index < -0.39 is 5.91 Å². The Kier molecular flexibility index (Phi) is 7.53. The minimum Gasteiger partial charge on any atom is -0.483 e. The average molecular weight is 475 g/mol. The first-order chi connectivity index (χ1) is 17.0. The molecule has 1 heterocycles. The van der Waals surface area contributed by atoms with E-state index in [4.69, 9.17) is 10.5 Å². The lowest BCUT2D eigenvalue weighted by molar-refractivity contribution is -0.118. The van der Waals surface area contributed by atoms with E-state index in [1.54, 1.807) is 0 Å².